The molecule has 0 unspecified atom stereocenters. The zero-order valence-electron chi connectivity index (χ0n) is 17.3. The lowest BCUT2D eigenvalue weighted by molar-refractivity contribution is 0.432. The Bertz CT molecular complexity index is 1490. The monoisotopic (exact) mass is 444 g/mol. The van der Waals surface area contributed by atoms with Crippen molar-refractivity contribution in [2.75, 3.05) is 0 Å². The van der Waals surface area contributed by atoms with Crippen LogP contribution in [0.25, 0.3) is 33.9 Å². The van der Waals surface area contributed by atoms with Gasteiger partial charge in [0, 0.05) is 18.2 Å². The van der Waals surface area contributed by atoms with Gasteiger partial charge in [-0.05, 0) is 41.5 Å². The second-order valence-electron chi connectivity index (χ2n) is 7.70. The predicted molar refractivity (Wildman–Crippen MR) is 122 cm³/mol. The highest BCUT2D eigenvalue weighted by Gasteiger charge is 2.15. The first-order valence-electron chi connectivity index (χ1n) is 10.1. The molecule has 0 radical (unpaired) electrons. The Balaban J connectivity index is 1.32. The Morgan fingerprint density at radius 1 is 0.875 bits per heavy atom. The highest BCUT2D eigenvalue weighted by atomic mass is 32.2. The zero-order chi connectivity index (χ0) is 22.1. The van der Waals surface area contributed by atoms with Gasteiger partial charge in [-0.3, -0.25) is 0 Å². The maximum Gasteiger partial charge on any atom is 0.258 e. The summed E-state index contributed by atoms with van der Waals surface area (Å²) in [6.45, 7) is 0. The minimum atomic E-state index is -3.27. The van der Waals surface area contributed by atoms with Crippen LogP contribution in [0.1, 0.15) is 11.1 Å². The second-order valence-corrected chi connectivity index (χ2v) is 9.76. The highest BCUT2D eigenvalue weighted by Crippen LogP contribution is 2.25. The van der Waals surface area contributed by atoms with E-state index in [4.69, 9.17) is 4.52 Å². The summed E-state index contributed by atoms with van der Waals surface area (Å²) in [4.78, 5) is 8.86. The van der Waals surface area contributed by atoms with Crippen molar-refractivity contribution in [3.05, 3.63) is 90.3 Å². The average molecular weight is 445 g/mol. The van der Waals surface area contributed by atoms with Gasteiger partial charge in [-0.1, -0.05) is 47.6 Å². The van der Waals surface area contributed by atoms with Crippen molar-refractivity contribution < 1.29 is 12.9 Å². The topological polar surface area (TPSA) is 90.9 Å². The van der Waals surface area contributed by atoms with Crippen molar-refractivity contribution in [3.63, 3.8) is 0 Å². The molecule has 5 aromatic rings. The molecule has 0 spiro atoms. The fraction of sp³-hybridized carbons (Fsp3) is 0.125. The molecule has 0 atom stereocenters. The van der Waals surface area contributed by atoms with Crippen LogP contribution in [0, 0.1) is 0 Å². The number of aromatic nitrogens is 4. The summed E-state index contributed by atoms with van der Waals surface area (Å²) >= 11 is 0. The minimum Gasteiger partial charge on any atom is -0.334 e. The number of benzene rings is 3. The maximum atomic E-state index is 12.5. The third kappa shape index (κ3) is 4.17. The molecule has 0 aliphatic rings. The molecular formula is C24H20N4O3S. The van der Waals surface area contributed by atoms with Gasteiger partial charge in [0.2, 0.25) is 5.82 Å². The smallest absolute Gasteiger partial charge is 0.258 e. The Kier molecular flexibility index (Phi) is 5.07. The van der Waals surface area contributed by atoms with E-state index in [1.165, 1.54) is 0 Å². The van der Waals surface area contributed by atoms with Crippen molar-refractivity contribution in [3.8, 4) is 22.8 Å². The van der Waals surface area contributed by atoms with E-state index >= 15 is 0 Å². The molecule has 5 rings (SSSR count). The molecule has 7 nitrogen and oxygen atoms in total. The van der Waals surface area contributed by atoms with Gasteiger partial charge in [0.25, 0.3) is 5.89 Å². The van der Waals surface area contributed by atoms with E-state index < -0.39 is 9.84 Å². The van der Waals surface area contributed by atoms with Crippen molar-refractivity contribution in [1.82, 2.24) is 19.7 Å². The zero-order valence-corrected chi connectivity index (χ0v) is 18.2. The van der Waals surface area contributed by atoms with Crippen LogP contribution in [0.5, 0.6) is 0 Å². The molecule has 0 N–H and O–H groups in total. The van der Waals surface area contributed by atoms with E-state index in [9.17, 15) is 8.42 Å². The molecule has 0 amide bonds. The fourth-order valence-electron chi connectivity index (χ4n) is 3.61. The van der Waals surface area contributed by atoms with Gasteiger partial charge < -0.3 is 9.09 Å². The normalized spacial score (nSPS) is 11.8. The highest BCUT2D eigenvalue weighted by molar-refractivity contribution is 7.89. The quantitative estimate of drug-likeness (QED) is 0.385. The number of imidazole rings is 1. The van der Waals surface area contributed by atoms with Gasteiger partial charge in [-0.25, -0.2) is 13.4 Å². The lowest BCUT2D eigenvalue weighted by atomic mass is 10.1. The summed E-state index contributed by atoms with van der Waals surface area (Å²) < 4.78 is 32.4. The van der Waals surface area contributed by atoms with E-state index in [-0.39, 0.29) is 11.5 Å². The molecule has 2 heterocycles. The first-order chi connectivity index (χ1) is 15.5. The second kappa shape index (κ2) is 8.05. The summed E-state index contributed by atoms with van der Waals surface area (Å²) in [7, 11) is -1.33. The summed E-state index contributed by atoms with van der Waals surface area (Å²) in [5, 5.41) is 4.09. The molecule has 0 aliphatic carbocycles. The van der Waals surface area contributed by atoms with Crippen LogP contribution in [0.15, 0.2) is 83.6 Å². The van der Waals surface area contributed by atoms with Crippen molar-refractivity contribution in [2.45, 2.75) is 11.5 Å². The average Bonchev–Trinajstić information content (AvgIpc) is 3.42. The summed E-state index contributed by atoms with van der Waals surface area (Å²) in [6, 6.07) is 22.2. The van der Waals surface area contributed by atoms with Crippen LogP contribution >= 0.6 is 0 Å². The Morgan fingerprint density at radius 2 is 1.56 bits per heavy atom. The Hall–Kier alpha value is -3.78. The molecule has 0 saturated heterocycles. The van der Waals surface area contributed by atoms with Gasteiger partial charge >= 0.3 is 0 Å². The number of fused-ring (bicyclic) bond motifs is 1. The largest absolute Gasteiger partial charge is 0.334 e. The first-order valence-corrected chi connectivity index (χ1v) is 11.9. The van der Waals surface area contributed by atoms with Gasteiger partial charge in [0.1, 0.15) is 0 Å². The standard InChI is InChI=1S/C24H20N4O3S/c1-28-16-25-21-13-20(11-12-22(21)28)23-26-24(31-27-23)19-9-7-18(8-10-19)15-32(29,30)14-17-5-3-2-4-6-17/h2-13,16H,14-15H2,1H3. The molecule has 0 aliphatic heterocycles. The Labute approximate surface area is 185 Å². The Morgan fingerprint density at radius 3 is 2.31 bits per heavy atom. The lowest BCUT2D eigenvalue weighted by Crippen LogP contribution is -2.07. The lowest BCUT2D eigenvalue weighted by Gasteiger charge is -2.05. The predicted octanol–water partition coefficient (Wildman–Crippen LogP) is 4.41. The van der Waals surface area contributed by atoms with Gasteiger partial charge in [0.15, 0.2) is 9.84 Å². The number of sulfone groups is 1. The molecule has 3 aromatic carbocycles. The van der Waals surface area contributed by atoms with Crippen molar-refractivity contribution in [1.29, 1.82) is 0 Å². The molecule has 32 heavy (non-hydrogen) atoms. The van der Waals surface area contributed by atoms with Crippen LogP contribution in [0.3, 0.4) is 0 Å². The summed E-state index contributed by atoms with van der Waals surface area (Å²) in [6.07, 6.45) is 1.76. The number of hydrogen-bond acceptors (Lipinski definition) is 6. The fourth-order valence-corrected chi connectivity index (χ4v) is 5.11. The summed E-state index contributed by atoms with van der Waals surface area (Å²) in [5.74, 6) is 0.840. The van der Waals surface area contributed by atoms with Crippen molar-refractivity contribution in [2.24, 2.45) is 7.05 Å². The van der Waals surface area contributed by atoms with E-state index in [0.29, 0.717) is 17.3 Å². The van der Waals surface area contributed by atoms with Gasteiger partial charge in [0.05, 0.1) is 28.9 Å². The van der Waals surface area contributed by atoms with E-state index in [1.807, 2.05) is 60.1 Å². The van der Waals surface area contributed by atoms with E-state index in [1.54, 1.807) is 30.6 Å². The van der Waals surface area contributed by atoms with E-state index in [2.05, 4.69) is 15.1 Å². The SMILES string of the molecule is Cn1cnc2cc(-c3noc(-c4ccc(CS(=O)(=O)Cc5ccccc5)cc4)n3)ccc21. The molecule has 8 heteroatoms. The third-order valence-electron chi connectivity index (χ3n) is 5.23. The molecule has 160 valence electrons. The van der Waals surface area contributed by atoms with Crippen LogP contribution in [-0.2, 0) is 28.4 Å². The molecular weight excluding hydrogens is 424 g/mol. The number of aryl methyl sites for hydroxylation is 1. The number of hydrogen-bond donors (Lipinski definition) is 0. The van der Waals surface area contributed by atoms with Crippen molar-refractivity contribution >= 4 is 20.9 Å². The third-order valence-corrected chi connectivity index (χ3v) is 6.77. The molecule has 2 aromatic heterocycles. The van der Waals surface area contributed by atoms with Crippen LogP contribution < -0.4 is 0 Å². The molecule has 0 fully saturated rings. The van der Waals surface area contributed by atoms with E-state index in [0.717, 1.165) is 27.7 Å². The molecule has 0 saturated carbocycles. The number of nitrogens with zero attached hydrogens (tertiary/aromatic N) is 4. The maximum absolute atomic E-state index is 12.5. The first kappa shape index (κ1) is 20.1. The number of rotatable bonds is 6. The van der Waals surface area contributed by atoms with Crippen LogP contribution in [0.4, 0.5) is 0 Å². The van der Waals surface area contributed by atoms with Gasteiger partial charge in [-0.2, -0.15) is 4.98 Å². The van der Waals surface area contributed by atoms with Gasteiger partial charge in [-0.15, -0.1) is 0 Å². The van der Waals surface area contributed by atoms with Crippen LogP contribution in [0.2, 0.25) is 0 Å². The summed E-state index contributed by atoms with van der Waals surface area (Å²) in [5.41, 5.74) is 4.92. The molecule has 0 bridgehead atoms. The van der Waals surface area contributed by atoms with Crippen LogP contribution in [-0.4, -0.2) is 28.1 Å². The minimum absolute atomic E-state index is 0.0171.